The van der Waals surface area contributed by atoms with Crippen molar-refractivity contribution < 1.29 is 0 Å². The largest absolute Gasteiger partial charge is 0.345 e. The van der Waals surface area contributed by atoms with Crippen LogP contribution in [-0.2, 0) is 13.0 Å². The zero-order valence-corrected chi connectivity index (χ0v) is 9.12. The second-order valence-electron chi connectivity index (χ2n) is 3.62. The van der Waals surface area contributed by atoms with Crippen LogP contribution >= 0.6 is 0 Å². The lowest BCUT2D eigenvalue weighted by molar-refractivity contribution is 0.746. The predicted octanol–water partition coefficient (Wildman–Crippen LogP) is 3.10. The molecule has 1 aromatic carbocycles. The molecule has 0 aliphatic carbocycles. The van der Waals surface area contributed by atoms with Crippen molar-refractivity contribution in [1.82, 2.24) is 4.57 Å². The van der Waals surface area contributed by atoms with Gasteiger partial charge in [-0.3, -0.25) is 0 Å². The zero-order valence-electron chi connectivity index (χ0n) is 9.12. The molecule has 0 saturated heterocycles. The number of hydrogen-bond donors (Lipinski definition) is 0. The van der Waals surface area contributed by atoms with Crippen LogP contribution in [0.3, 0.4) is 0 Å². The van der Waals surface area contributed by atoms with Crippen LogP contribution in [0, 0.1) is 11.3 Å². The van der Waals surface area contributed by atoms with E-state index < -0.39 is 0 Å². The van der Waals surface area contributed by atoms with Crippen molar-refractivity contribution >= 4 is 10.9 Å². The fourth-order valence-electron chi connectivity index (χ4n) is 2.05. The van der Waals surface area contributed by atoms with Gasteiger partial charge in [-0.15, -0.1) is 0 Å². The first-order valence-corrected chi connectivity index (χ1v) is 5.32. The average Bonchev–Trinajstić information content (AvgIpc) is 2.65. The molecule has 2 nitrogen and oxygen atoms in total. The summed E-state index contributed by atoms with van der Waals surface area (Å²) in [5.41, 5.74) is 3.24. The molecule has 2 aromatic rings. The maximum absolute atomic E-state index is 8.87. The van der Waals surface area contributed by atoms with Gasteiger partial charge in [0.2, 0.25) is 0 Å². The van der Waals surface area contributed by atoms with Gasteiger partial charge in [0, 0.05) is 17.8 Å². The monoisotopic (exact) mass is 198 g/mol. The lowest BCUT2D eigenvalue weighted by Crippen LogP contribution is -1.98. The van der Waals surface area contributed by atoms with Crippen molar-refractivity contribution in [3.8, 4) is 6.07 Å². The Morgan fingerprint density at radius 3 is 2.67 bits per heavy atom. The summed E-state index contributed by atoms with van der Waals surface area (Å²) in [6, 6.07) is 10.3. The van der Waals surface area contributed by atoms with Crippen molar-refractivity contribution in [3.05, 3.63) is 35.5 Å². The van der Waals surface area contributed by atoms with Crippen molar-refractivity contribution in [1.29, 1.82) is 5.26 Å². The van der Waals surface area contributed by atoms with Crippen molar-refractivity contribution in [2.24, 2.45) is 0 Å². The number of hydrogen-bond acceptors (Lipinski definition) is 1. The van der Waals surface area contributed by atoms with Crippen molar-refractivity contribution in [2.45, 2.75) is 26.8 Å². The van der Waals surface area contributed by atoms with E-state index in [0.717, 1.165) is 18.5 Å². The molecule has 0 radical (unpaired) electrons. The highest BCUT2D eigenvalue weighted by atomic mass is 15.0. The molecule has 2 rings (SSSR count). The lowest BCUT2D eigenvalue weighted by atomic mass is 10.2. The van der Waals surface area contributed by atoms with E-state index in [1.807, 2.05) is 18.2 Å². The fraction of sp³-hybridized carbons (Fsp3) is 0.308. The molecule has 0 N–H and O–H groups in total. The third-order valence-corrected chi connectivity index (χ3v) is 2.80. The molecule has 0 amide bonds. The van der Waals surface area contributed by atoms with Gasteiger partial charge in [-0.05, 0) is 36.9 Å². The Labute approximate surface area is 89.7 Å². The van der Waals surface area contributed by atoms with E-state index in [-0.39, 0.29) is 0 Å². The van der Waals surface area contributed by atoms with Crippen molar-refractivity contribution in [3.63, 3.8) is 0 Å². The molecule has 0 spiro atoms. The number of fused-ring (bicyclic) bond motifs is 1. The maximum Gasteiger partial charge on any atom is 0.0992 e. The summed E-state index contributed by atoms with van der Waals surface area (Å²) >= 11 is 0. The molecule has 15 heavy (non-hydrogen) atoms. The van der Waals surface area contributed by atoms with E-state index in [9.17, 15) is 0 Å². The smallest absolute Gasteiger partial charge is 0.0992 e. The molecule has 1 heterocycles. The van der Waals surface area contributed by atoms with E-state index in [4.69, 9.17) is 5.26 Å². The van der Waals surface area contributed by atoms with Crippen molar-refractivity contribution in [2.75, 3.05) is 0 Å². The Balaban J connectivity index is 2.74. The summed E-state index contributed by atoms with van der Waals surface area (Å²) in [6.07, 6.45) is 1.03. The standard InChI is InChI=1S/C13H14N2/c1-3-12-8-11-6-5-10(9-14)7-13(11)15(12)4-2/h5-8H,3-4H2,1-2H3. The minimum atomic E-state index is 0.734. The van der Waals surface area contributed by atoms with E-state index in [2.05, 4.69) is 30.6 Å². The van der Waals surface area contributed by atoms with Gasteiger partial charge in [0.1, 0.15) is 0 Å². The first-order chi connectivity index (χ1) is 7.30. The molecule has 0 saturated carbocycles. The summed E-state index contributed by atoms with van der Waals surface area (Å²) in [4.78, 5) is 0. The third kappa shape index (κ3) is 1.50. The molecule has 76 valence electrons. The average molecular weight is 198 g/mol. The Morgan fingerprint density at radius 1 is 1.27 bits per heavy atom. The third-order valence-electron chi connectivity index (χ3n) is 2.80. The van der Waals surface area contributed by atoms with Crippen LogP contribution in [0.1, 0.15) is 25.1 Å². The molecule has 0 unspecified atom stereocenters. The topological polar surface area (TPSA) is 28.7 Å². The van der Waals surface area contributed by atoms with Gasteiger partial charge in [0.15, 0.2) is 0 Å². The molecule has 2 heteroatoms. The highest BCUT2D eigenvalue weighted by Gasteiger charge is 2.06. The highest BCUT2D eigenvalue weighted by molar-refractivity contribution is 5.82. The normalized spacial score (nSPS) is 10.5. The Hall–Kier alpha value is -1.75. The minimum absolute atomic E-state index is 0.734. The molecule has 0 aliphatic heterocycles. The van der Waals surface area contributed by atoms with Gasteiger partial charge in [0.25, 0.3) is 0 Å². The van der Waals surface area contributed by atoms with Gasteiger partial charge < -0.3 is 4.57 Å². The number of aromatic nitrogens is 1. The summed E-state index contributed by atoms with van der Waals surface area (Å²) in [6.45, 7) is 5.25. The van der Waals surface area contributed by atoms with Gasteiger partial charge in [0.05, 0.1) is 11.6 Å². The number of nitriles is 1. The number of nitrogens with zero attached hydrogens (tertiary/aromatic N) is 2. The molecule has 0 atom stereocenters. The molecule has 1 aromatic heterocycles. The SMILES string of the molecule is CCc1cc2ccc(C#N)cc2n1CC. The number of benzene rings is 1. The Bertz CT molecular complexity index is 529. The van der Waals surface area contributed by atoms with Crippen LogP contribution in [0.5, 0.6) is 0 Å². The van der Waals surface area contributed by atoms with E-state index in [1.165, 1.54) is 16.6 Å². The first kappa shape index (κ1) is 9.79. The summed E-state index contributed by atoms with van der Waals surface area (Å²) in [5.74, 6) is 0. The van der Waals surface area contributed by atoms with Crippen LogP contribution in [0.2, 0.25) is 0 Å². The van der Waals surface area contributed by atoms with Crippen LogP contribution in [0.4, 0.5) is 0 Å². The first-order valence-electron chi connectivity index (χ1n) is 5.32. The fourth-order valence-corrected chi connectivity index (χ4v) is 2.05. The number of rotatable bonds is 2. The lowest BCUT2D eigenvalue weighted by Gasteiger charge is -2.05. The van der Waals surface area contributed by atoms with Gasteiger partial charge in [-0.2, -0.15) is 5.26 Å². The van der Waals surface area contributed by atoms with E-state index in [1.54, 1.807) is 0 Å². The molecule has 0 fully saturated rings. The summed E-state index contributed by atoms with van der Waals surface area (Å²) in [7, 11) is 0. The molecule has 0 aliphatic rings. The zero-order chi connectivity index (χ0) is 10.8. The van der Waals surface area contributed by atoms with Gasteiger partial charge in [-0.1, -0.05) is 13.0 Å². The van der Waals surface area contributed by atoms with Crippen LogP contribution in [-0.4, -0.2) is 4.57 Å². The minimum Gasteiger partial charge on any atom is -0.345 e. The quantitative estimate of drug-likeness (QED) is 0.729. The van der Waals surface area contributed by atoms with Gasteiger partial charge >= 0.3 is 0 Å². The second-order valence-corrected chi connectivity index (χ2v) is 3.62. The van der Waals surface area contributed by atoms with Crippen LogP contribution in [0.25, 0.3) is 10.9 Å². The highest BCUT2D eigenvalue weighted by Crippen LogP contribution is 2.21. The number of aryl methyl sites for hydroxylation is 2. The molecular formula is C13H14N2. The van der Waals surface area contributed by atoms with Crippen LogP contribution < -0.4 is 0 Å². The second kappa shape index (κ2) is 3.78. The molecule has 0 bridgehead atoms. The van der Waals surface area contributed by atoms with Gasteiger partial charge in [-0.25, -0.2) is 0 Å². The Morgan fingerprint density at radius 2 is 2.07 bits per heavy atom. The Kier molecular flexibility index (Phi) is 2.47. The summed E-state index contributed by atoms with van der Waals surface area (Å²) < 4.78 is 2.27. The predicted molar refractivity (Wildman–Crippen MR) is 61.7 cm³/mol. The van der Waals surface area contributed by atoms with E-state index in [0.29, 0.717) is 0 Å². The molecular weight excluding hydrogens is 184 g/mol. The maximum atomic E-state index is 8.87. The summed E-state index contributed by atoms with van der Waals surface area (Å²) in [5, 5.41) is 10.1. The van der Waals surface area contributed by atoms with Crippen LogP contribution in [0.15, 0.2) is 24.3 Å². The van der Waals surface area contributed by atoms with E-state index >= 15 is 0 Å².